The molecule has 39 heavy (non-hydrogen) atoms. The van der Waals surface area contributed by atoms with Gasteiger partial charge in [0.15, 0.2) is 0 Å². The minimum absolute atomic E-state index is 0.0828. The van der Waals surface area contributed by atoms with Crippen LogP contribution in [0, 0.1) is 12.7 Å². The van der Waals surface area contributed by atoms with Crippen molar-refractivity contribution < 1.29 is 32.3 Å². The number of carbonyl (C=O) groups excluding carboxylic acids is 2. The number of phenolic OH excluding ortho intramolecular Hbond substituents is 1. The van der Waals surface area contributed by atoms with Crippen LogP contribution in [0.5, 0.6) is 5.75 Å². The molecule has 4 N–H and O–H groups in total. The summed E-state index contributed by atoms with van der Waals surface area (Å²) in [7, 11) is 0. The van der Waals surface area contributed by atoms with E-state index in [2.05, 4.69) is 5.32 Å². The topological polar surface area (TPSA) is 95.7 Å². The summed E-state index contributed by atoms with van der Waals surface area (Å²) in [5, 5.41) is 12.5. The zero-order valence-corrected chi connectivity index (χ0v) is 21.3. The predicted molar refractivity (Wildman–Crippen MR) is 137 cm³/mol. The zero-order valence-electron chi connectivity index (χ0n) is 21.3. The average molecular weight is 544 g/mol. The van der Waals surface area contributed by atoms with Crippen molar-refractivity contribution >= 4 is 11.8 Å². The SMILES string of the molecule is Cc1cc(O)cc(C(F)(F)F)c1CC(N)C(=O)N1Cc2ccccc2C[C@H]1C(=O)NCCc1ccc(F)cc1. The number of rotatable bonds is 7. The highest BCUT2D eigenvalue weighted by Gasteiger charge is 2.39. The first-order valence-electron chi connectivity index (χ1n) is 12.5. The molecular weight excluding hydrogens is 514 g/mol. The number of halogens is 4. The summed E-state index contributed by atoms with van der Waals surface area (Å²) >= 11 is 0. The molecular formula is C29H29F4N3O3. The normalized spacial score (nSPS) is 15.9. The van der Waals surface area contributed by atoms with E-state index >= 15 is 0 Å². The Bertz CT molecular complexity index is 1360. The van der Waals surface area contributed by atoms with E-state index in [0.29, 0.717) is 12.5 Å². The number of nitrogens with one attached hydrogen (secondary N) is 1. The molecule has 0 aliphatic carbocycles. The zero-order chi connectivity index (χ0) is 28.3. The number of nitrogens with two attached hydrogens (primary N) is 1. The standard InChI is InChI=1S/C29H29F4N3O3/c1-17-12-22(37)14-24(29(31,32)33)23(17)15-25(34)28(39)36-16-20-5-3-2-4-19(20)13-26(36)27(38)35-11-10-18-6-8-21(30)9-7-18/h2-9,12,14,25-26,37H,10-11,13,15-16,34H2,1H3,(H,35,38)/t25?,26-/m0/s1. The number of phenols is 1. The van der Waals surface area contributed by atoms with E-state index in [9.17, 15) is 32.3 Å². The molecule has 3 aromatic carbocycles. The lowest BCUT2D eigenvalue weighted by Gasteiger charge is -2.37. The van der Waals surface area contributed by atoms with E-state index in [-0.39, 0.29) is 36.5 Å². The predicted octanol–water partition coefficient (Wildman–Crippen LogP) is 4.04. The Balaban J connectivity index is 1.54. The molecule has 0 fully saturated rings. The molecule has 1 unspecified atom stereocenters. The molecule has 2 atom stereocenters. The van der Waals surface area contributed by atoms with E-state index < -0.39 is 47.8 Å². The fraction of sp³-hybridized carbons (Fsp3) is 0.310. The Morgan fingerprint density at radius 1 is 1.10 bits per heavy atom. The van der Waals surface area contributed by atoms with E-state index in [4.69, 9.17) is 5.73 Å². The number of alkyl halides is 3. The fourth-order valence-corrected chi connectivity index (χ4v) is 4.93. The maximum absolute atomic E-state index is 13.7. The molecule has 0 spiro atoms. The van der Waals surface area contributed by atoms with Gasteiger partial charge in [-0.2, -0.15) is 13.2 Å². The monoisotopic (exact) mass is 543 g/mol. The molecule has 10 heteroatoms. The largest absolute Gasteiger partial charge is 0.508 e. The highest BCUT2D eigenvalue weighted by Crippen LogP contribution is 2.36. The quantitative estimate of drug-likeness (QED) is 0.392. The van der Waals surface area contributed by atoms with Crippen LogP contribution in [0.25, 0.3) is 0 Å². The van der Waals surface area contributed by atoms with Gasteiger partial charge in [0.25, 0.3) is 0 Å². The maximum Gasteiger partial charge on any atom is 0.416 e. The number of nitrogens with zero attached hydrogens (tertiary/aromatic N) is 1. The summed E-state index contributed by atoms with van der Waals surface area (Å²) in [6.07, 6.45) is -4.50. The second kappa shape index (κ2) is 11.4. The molecule has 3 aromatic rings. The van der Waals surface area contributed by atoms with Crippen molar-refractivity contribution in [2.45, 2.75) is 51.0 Å². The summed E-state index contributed by atoms with van der Waals surface area (Å²) in [6.45, 7) is 1.74. The van der Waals surface area contributed by atoms with Gasteiger partial charge >= 0.3 is 6.18 Å². The Hall–Kier alpha value is -3.92. The van der Waals surface area contributed by atoms with Crippen molar-refractivity contribution in [3.05, 3.63) is 99.9 Å². The van der Waals surface area contributed by atoms with Gasteiger partial charge in [-0.15, -0.1) is 0 Å². The van der Waals surface area contributed by atoms with Crippen LogP contribution in [0.4, 0.5) is 17.6 Å². The van der Waals surface area contributed by atoms with Crippen LogP contribution < -0.4 is 11.1 Å². The van der Waals surface area contributed by atoms with Gasteiger partial charge in [0.2, 0.25) is 11.8 Å². The molecule has 2 amide bonds. The number of benzene rings is 3. The summed E-state index contributed by atoms with van der Waals surface area (Å²) in [6, 6.07) is 12.8. The third kappa shape index (κ3) is 6.57. The summed E-state index contributed by atoms with van der Waals surface area (Å²) in [4.78, 5) is 28.1. The van der Waals surface area contributed by atoms with Crippen molar-refractivity contribution in [2.24, 2.45) is 5.73 Å². The lowest BCUT2D eigenvalue weighted by molar-refractivity contribution is -0.143. The molecule has 1 heterocycles. The first kappa shape index (κ1) is 28.1. The third-order valence-electron chi connectivity index (χ3n) is 6.96. The number of hydrogen-bond donors (Lipinski definition) is 3. The van der Waals surface area contributed by atoms with Crippen LogP contribution in [0.15, 0.2) is 60.7 Å². The number of hydrogen-bond acceptors (Lipinski definition) is 4. The molecule has 0 saturated heterocycles. The van der Waals surface area contributed by atoms with Crippen LogP contribution in [0.1, 0.15) is 33.4 Å². The third-order valence-corrected chi connectivity index (χ3v) is 6.96. The minimum Gasteiger partial charge on any atom is -0.508 e. The number of fused-ring (bicyclic) bond motifs is 1. The molecule has 206 valence electrons. The molecule has 6 nitrogen and oxygen atoms in total. The van der Waals surface area contributed by atoms with Gasteiger partial charge in [-0.3, -0.25) is 9.59 Å². The van der Waals surface area contributed by atoms with Gasteiger partial charge in [-0.1, -0.05) is 36.4 Å². The summed E-state index contributed by atoms with van der Waals surface area (Å²) in [5.41, 5.74) is 7.65. The van der Waals surface area contributed by atoms with Crippen molar-refractivity contribution in [2.75, 3.05) is 6.54 Å². The average Bonchev–Trinajstić information content (AvgIpc) is 2.89. The molecule has 1 aliphatic rings. The smallest absolute Gasteiger partial charge is 0.416 e. The van der Waals surface area contributed by atoms with Crippen molar-refractivity contribution in [3.63, 3.8) is 0 Å². The summed E-state index contributed by atoms with van der Waals surface area (Å²) < 4.78 is 54.2. The number of amides is 2. The van der Waals surface area contributed by atoms with Crippen molar-refractivity contribution in [1.29, 1.82) is 0 Å². The Labute approximate surface area is 223 Å². The second-order valence-electron chi connectivity index (χ2n) is 9.72. The molecule has 4 rings (SSSR count). The number of aromatic hydroxyl groups is 1. The highest BCUT2D eigenvalue weighted by atomic mass is 19.4. The Kier molecular flexibility index (Phi) is 8.25. The van der Waals surface area contributed by atoms with Crippen LogP contribution in [0.2, 0.25) is 0 Å². The van der Waals surface area contributed by atoms with Gasteiger partial charge in [-0.05, 0) is 71.8 Å². The summed E-state index contributed by atoms with van der Waals surface area (Å²) in [5.74, 6) is -1.96. The van der Waals surface area contributed by atoms with Gasteiger partial charge in [-0.25, -0.2) is 4.39 Å². The van der Waals surface area contributed by atoms with E-state index in [1.165, 1.54) is 30.0 Å². The van der Waals surface area contributed by atoms with Crippen LogP contribution in [-0.2, 0) is 41.6 Å². The fourth-order valence-electron chi connectivity index (χ4n) is 4.93. The van der Waals surface area contributed by atoms with Crippen molar-refractivity contribution in [3.8, 4) is 5.75 Å². The van der Waals surface area contributed by atoms with E-state index in [1.54, 1.807) is 18.2 Å². The molecule has 0 saturated carbocycles. The molecule has 0 bridgehead atoms. The number of carbonyl (C=O) groups is 2. The van der Waals surface area contributed by atoms with Crippen molar-refractivity contribution in [1.82, 2.24) is 10.2 Å². The van der Waals surface area contributed by atoms with Gasteiger partial charge in [0, 0.05) is 19.5 Å². The lowest BCUT2D eigenvalue weighted by Crippen LogP contribution is -2.57. The maximum atomic E-state index is 13.7. The van der Waals surface area contributed by atoms with Crippen LogP contribution in [-0.4, -0.2) is 40.4 Å². The number of aryl methyl sites for hydroxylation is 1. The Morgan fingerprint density at radius 2 is 1.77 bits per heavy atom. The molecule has 0 radical (unpaired) electrons. The molecule has 1 aliphatic heterocycles. The van der Waals surface area contributed by atoms with Gasteiger partial charge < -0.3 is 21.1 Å². The van der Waals surface area contributed by atoms with E-state index in [1.807, 2.05) is 18.2 Å². The van der Waals surface area contributed by atoms with Crippen LogP contribution in [0.3, 0.4) is 0 Å². The van der Waals surface area contributed by atoms with E-state index in [0.717, 1.165) is 16.7 Å². The highest BCUT2D eigenvalue weighted by molar-refractivity contribution is 5.90. The first-order chi connectivity index (χ1) is 18.4. The Morgan fingerprint density at radius 3 is 2.44 bits per heavy atom. The second-order valence-corrected chi connectivity index (χ2v) is 9.72. The minimum atomic E-state index is -4.75. The lowest BCUT2D eigenvalue weighted by atomic mass is 9.91. The van der Waals surface area contributed by atoms with Gasteiger partial charge in [0.1, 0.15) is 17.6 Å². The molecule has 0 aromatic heterocycles. The van der Waals surface area contributed by atoms with Crippen LogP contribution >= 0.6 is 0 Å². The van der Waals surface area contributed by atoms with Gasteiger partial charge in [0.05, 0.1) is 11.6 Å². The first-order valence-corrected chi connectivity index (χ1v) is 12.5.